The lowest BCUT2D eigenvalue weighted by Crippen LogP contribution is -2.43. The molecule has 11 nitrogen and oxygen atoms in total. The molecule has 0 saturated carbocycles. The second-order valence-electron chi connectivity index (χ2n) is 11.6. The summed E-state index contributed by atoms with van der Waals surface area (Å²) in [6, 6.07) is 2.06. The van der Waals surface area contributed by atoms with Crippen molar-refractivity contribution in [2.45, 2.75) is 70.6 Å². The zero-order chi connectivity index (χ0) is 35.6. The molecule has 1 unspecified atom stereocenters. The van der Waals surface area contributed by atoms with Crippen molar-refractivity contribution >= 4 is 45.8 Å². The Labute approximate surface area is 271 Å². The van der Waals surface area contributed by atoms with Crippen LogP contribution in [0.15, 0.2) is 24.4 Å². The molecular weight excluding hydrogens is 682 g/mol. The quantitative estimate of drug-likeness (QED) is 0.239. The average Bonchev–Trinajstić information content (AvgIpc) is 3.42. The van der Waals surface area contributed by atoms with Gasteiger partial charge in [-0.2, -0.15) is 31.4 Å². The van der Waals surface area contributed by atoms with Crippen LogP contribution in [0.5, 0.6) is 0 Å². The summed E-state index contributed by atoms with van der Waals surface area (Å²) < 4.78 is 114. The van der Waals surface area contributed by atoms with E-state index in [1.165, 1.54) is 4.90 Å². The second kappa shape index (κ2) is 13.9. The zero-order valence-electron chi connectivity index (χ0n) is 25.5. The van der Waals surface area contributed by atoms with Gasteiger partial charge in [0.2, 0.25) is 0 Å². The molecule has 3 aromatic rings. The van der Waals surface area contributed by atoms with Crippen LogP contribution in [0.3, 0.4) is 0 Å². The summed E-state index contributed by atoms with van der Waals surface area (Å²) >= 11 is 0.530. The Morgan fingerprint density at radius 3 is 2.27 bits per heavy atom. The number of nitrogens with one attached hydrogen (secondary N) is 3. The smallest absolute Gasteiger partial charge is 0.444 e. The van der Waals surface area contributed by atoms with E-state index >= 15 is 0 Å². The molecule has 1 fully saturated rings. The highest BCUT2D eigenvalue weighted by atomic mass is 32.1. The fourth-order valence-electron chi connectivity index (χ4n) is 4.75. The number of anilines is 3. The van der Waals surface area contributed by atoms with E-state index in [1.807, 2.05) is 5.32 Å². The second-order valence-corrected chi connectivity index (χ2v) is 12.6. The lowest BCUT2D eigenvalue weighted by Gasteiger charge is -2.25. The summed E-state index contributed by atoms with van der Waals surface area (Å²) in [5.74, 6) is -5.56. The molecule has 3 N–H and O–H groups in total. The first-order valence-electron chi connectivity index (χ1n) is 14.2. The van der Waals surface area contributed by atoms with E-state index in [4.69, 9.17) is 4.74 Å². The third kappa shape index (κ3) is 9.32. The first-order valence-corrected chi connectivity index (χ1v) is 15.0. The summed E-state index contributed by atoms with van der Waals surface area (Å²) in [6.45, 7) is 2.97. The van der Waals surface area contributed by atoms with Gasteiger partial charge < -0.3 is 20.3 Å². The Hall–Kier alpha value is -4.49. The number of alkyl halides is 6. The predicted molar refractivity (Wildman–Crippen MR) is 158 cm³/mol. The Kier molecular flexibility index (Phi) is 10.5. The van der Waals surface area contributed by atoms with Crippen LogP contribution in [0, 0.1) is 11.6 Å². The molecule has 3 amide bonds. The van der Waals surface area contributed by atoms with Crippen molar-refractivity contribution in [3.8, 4) is 10.6 Å². The molecule has 0 radical (unpaired) electrons. The van der Waals surface area contributed by atoms with E-state index in [9.17, 15) is 49.5 Å². The fraction of sp³-hybridized carbons (Fsp3) is 0.464. The van der Waals surface area contributed by atoms with E-state index in [-0.39, 0.29) is 53.9 Å². The number of aromatic nitrogens is 3. The maximum absolute atomic E-state index is 14.6. The molecule has 262 valence electrons. The van der Waals surface area contributed by atoms with Gasteiger partial charge in [0.15, 0.2) is 11.5 Å². The summed E-state index contributed by atoms with van der Waals surface area (Å²) in [4.78, 5) is 43.0. The monoisotopic (exact) mass is 711 g/mol. The number of carbonyl (C=O) groups excluding carboxylic acids is 3. The minimum atomic E-state index is -5.13. The van der Waals surface area contributed by atoms with Crippen molar-refractivity contribution in [3.63, 3.8) is 0 Å². The standard InChI is InChI=1S/C28H29F8N7O4S/c1-26(2,3)47-25(46)41-22-19(40-21(48-22)18-15(29)7-4-8-16(18)30)20(44)39-17-12-37-43(13-27(31,32)33)23(17)42-10-5-6-14(9-11-42)38-24(45)28(34,35)36/h4,7-8,12,14H,5-6,9-11,13H2,1-3H3,(H,38,45)(H,39,44)(H,41,46). The number of carbonyl (C=O) groups is 3. The van der Waals surface area contributed by atoms with Crippen molar-refractivity contribution in [2.75, 3.05) is 28.6 Å². The summed E-state index contributed by atoms with van der Waals surface area (Å²) in [7, 11) is 0. The molecule has 1 aliphatic heterocycles. The van der Waals surface area contributed by atoms with Gasteiger partial charge in [0.1, 0.15) is 39.5 Å². The van der Waals surface area contributed by atoms with Gasteiger partial charge in [0.25, 0.3) is 5.91 Å². The topological polar surface area (TPSA) is 130 Å². The van der Waals surface area contributed by atoms with Gasteiger partial charge in [0, 0.05) is 19.1 Å². The van der Waals surface area contributed by atoms with Crippen LogP contribution < -0.4 is 20.9 Å². The number of nitrogens with zero attached hydrogens (tertiary/aromatic N) is 4. The molecule has 1 aliphatic rings. The largest absolute Gasteiger partial charge is 0.471 e. The first-order chi connectivity index (χ1) is 22.2. The van der Waals surface area contributed by atoms with Gasteiger partial charge in [0.05, 0.1) is 11.8 Å². The van der Waals surface area contributed by atoms with Crippen LogP contribution in [-0.4, -0.2) is 69.8 Å². The lowest BCUT2D eigenvalue weighted by molar-refractivity contribution is -0.174. The molecule has 1 atom stereocenters. The van der Waals surface area contributed by atoms with E-state index in [1.54, 1.807) is 20.8 Å². The van der Waals surface area contributed by atoms with E-state index in [0.717, 1.165) is 24.4 Å². The van der Waals surface area contributed by atoms with E-state index in [0.29, 0.717) is 16.0 Å². The molecule has 0 bridgehead atoms. The lowest BCUT2D eigenvalue weighted by atomic mass is 10.1. The van der Waals surface area contributed by atoms with Gasteiger partial charge >= 0.3 is 24.4 Å². The van der Waals surface area contributed by atoms with Crippen LogP contribution in [-0.2, 0) is 16.1 Å². The first kappa shape index (κ1) is 36.3. The van der Waals surface area contributed by atoms with Gasteiger partial charge in [-0.3, -0.25) is 14.9 Å². The predicted octanol–water partition coefficient (Wildman–Crippen LogP) is 6.48. The SMILES string of the molecule is CC(C)(C)OC(=O)Nc1sc(-c2c(F)cccc2F)nc1C(=O)Nc1cnn(CC(F)(F)F)c1N1CCCC(NC(=O)C(F)(F)F)CC1. The van der Waals surface area contributed by atoms with Crippen LogP contribution in [0.25, 0.3) is 10.6 Å². The molecule has 1 aromatic carbocycles. The summed E-state index contributed by atoms with van der Waals surface area (Å²) in [5.41, 5.74) is -2.42. The number of benzene rings is 1. The zero-order valence-corrected chi connectivity index (χ0v) is 26.3. The number of hydrogen-bond acceptors (Lipinski definition) is 8. The molecule has 0 aliphatic carbocycles. The molecule has 1 saturated heterocycles. The molecule has 4 rings (SSSR count). The van der Waals surface area contributed by atoms with Crippen molar-refractivity contribution in [1.82, 2.24) is 20.1 Å². The van der Waals surface area contributed by atoms with Gasteiger partial charge in [-0.25, -0.2) is 23.2 Å². The van der Waals surface area contributed by atoms with E-state index in [2.05, 4.69) is 20.7 Å². The van der Waals surface area contributed by atoms with Crippen LogP contribution in [0.2, 0.25) is 0 Å². The van der Waals surface area contributed by atoms with Crippen molar-refractivity contribution < 1.29 is 54.2 Å². The third-order valence-corrected chi connectivity index (χ3v) is 7.63. The maximum Gasteiger partial charge on any atom is 0.471 e. The number of rotatable bonds is 7. The van der Waals surface area contributed by atoms with Crippen LogP contribution in [0.4, 0.5) is 56.4 Å². The van der Waals surface area contributed by atoms with Crippen LogP contribution in [0.1, 0.15) is 50.5 Å². The fourth-order valence-corrected chi connectivity index (χ4v) is 5.75. The normalized spacial score (nSPS) is 15.9. The Morgan fingerprint density at radius 1 is 1.00 bits per heavy atom. The summed E-state index contributed by atoms with van der Waals surface area (Å²) in [5, 5.41) is 9.67. The molecule has 48 heavy (non-hydrogen) atoms. The number of hydrogen-bond donors (Lipinski definition) is 3. The van der Waals surface area contributed by atoms with Crippen molar-refractivity contribution in [3.05, 3.63) is 41.7 Å². The highest BCUT2D eigenvalue weighted by Gasteiger charge is 2.40. The highest BCUT2D eigenvalue weighted by Crippen LogP contribution is 2.37. The minimum Gasteiger partial charge on any atom is -0.444 e. The molecular formula is C28H29F8N7O4S. The Balaban J connectivity index is 1.68. The minimum absolute atomic E-state index is 0.0175. The highest BCUT2D eigenvalue weighted by molar-refractivity contribution is 7.19. The number of halogens is 8. The van der Waals surface area contributed by atoms with Gasteiger partial charge in [-0.05, 0) is 52.2 Å². The number of ether oxygens (including phenoxy) is 1. The maximum atomic E-state index is 14.6. The molecule has 0 spiro atoms. The van der Waals surface area contributed by atoms with Crippen molar-refractivity contribution in [2.24, 2.45) is 0 Å². The Bertz CT molecular complexity index is 1650. The number of thiazole rings is 1. The number of amides is 3. The van der Waals surface area contributed by atoms with E-state index < -0.39 is 71.3 Å². The Morgan fingerprint density at radius 2 is 1.67 bits per heavy atom. The van der Waals surface area contributed by atoms with Crippen molar-refractivity contribution in [1.29, 1.82) is 0 Å². The van der Waals surface area contributed by atoms with Gasteiger partial charge in [-0.1, -0.05) is 17.4 Å². The molecule has 20 heteroatoms. The molecule has 3 heterocycles. The van der Waals surface area contributed by atoms with Gasteiger partial charge in [-0.15, -0.1) is 0 Å². The average molecular weight is 712 g/mol. The summed E-state index contributed by atoms with van der Waals surface area (Å²) in [6.07, 6.45) is -9.87. The molecule has 2 aromatic heterocycles. The third-order valence-electron chi connectivity index (χ3n) is 6.64. The van der Waals surface area contributed by atoms with Crippen LogP contribution >= 0.6 is 11.3 Å².